The lowest BCUT2D eigenvalue weighted by Crippen LogP contribution is -2.49. The minimum Gasteiger partial charge on any atom is -0.372 e. The summed E-state index contributed by atoms with van der Waals surface area (Å²) >= 11 is 0. The van der Waals surface area contributed by atoms with E-state index < -0.39 is 0 Å². The fourth-order valence-corrected chi connectivity index (χ4v) is 8.98. The molecule has 3 saturated heterocycles. The largest absolute Gasteiger partial charge is 0.372 e. The second kappa shape index (κ2) is 17.3. The van der Waals surface area contributed by atoms with Gasteiger partial charge in [-0.15, -0.1) is 0 Å². The zero-order valence-corrected chi connectivity index (χ0v) is 36.6. The van der Waals surface area contributed by atoms with Gasteiger partial charge >= 0.3 is 6.03 Å². The highest BCUT2D eigenvalue weighted by Gasteiger charge is 2.28. The molecule has 1 atom stereocenters. The number of benzene rings is 3. The van der Waals surface area contributed by atoms with Crippen molar-refractivity contribution in [2.75, 3.05) is 67.1 Å². The number of imide groups is 1. The molecule has 3 N–H and O–H groups in total. The van der Waals surface area contributed by atoms with Gasteiger partial charge in [0.05, 0.1) is 17.4 Å². The molecule has 9 rings (SSSR count). The number of H-pyrrole nitrogens is 1. The van der Waals surface area contributed by atoms with Crippen LogP contribution in [0.2, 0.25) is 0 Å². The first-order valence-corrected chi connectivity index (χ1v) is 22.0. The number of carbonyl (C=O) groups is 3. The van der Waals surface area contributed by atoms with Gasteiger partial charge in [-0.05, 0) is 98.3 Å². The molecule has 0 saturated carbocycles. The molecule has 4 amide bonds. The topological polar surface area (TPSA) is 169 Å². The summed E-state index contributed by atoms with van der Waals surface area (Å²) in [5, 5.41) is 18.0. The number of aromatic nitrogens is 5. The van der Waals surface area contributed by atoms with E-state index in [2.05, 4.69) is 100 Å². The van der Waals surface area contributed by atoms with Crippen LogP contribution in [0.25, 0.3) is 33.5 Å². The normalized spacial score (nSPS) is 17.3. The number of amides is 4. The Kier molecular flexibility index (Phi) is 11.4. The number of aromatic amines is 1. The number of fused-ring (bicyclic) bond motifs is 1. The molecule has 0 spiro atoms. The number of anilines is 3. The van der Waals surface area contributed by atoms with Crippen molar-refractivity contribution in [3.05, 3.63) is 102 Å². The van der Waals surface area contributed by atoms with Crippen molar-refractivity contribution in [1.29, 1.82) is 0 Å². The van der Waals surface area contributed by atoms with Gasteiger partial charge in [0, 0.05) is 97.8 Å². The monoisotopic (exact) mass is 849 g/mol. The molecule has 15 nitrogen and oxygen atoms in total. The van der Waals surface area contributed by atoms with Crippen LogP contribution in [0, 0.1) is 12.8 Å². The number of nitrogens with one attached hydrogen (secondary N) is 3. The van der Waals surface area contributed by atoms with Gasteiger partial charge in [0.25, 0.3) is 11.7 Å². The molecule has 3 aromatic heterocycles. The van der Waals surface area contributed by atoms with Gasteiger partial charge in [-0.1, -0.05) is 50.2 Å². The SMILES string of the molecule is Cc1cc(-c2[nH]nc3nc(-c4ccc(N5CCN(CC6CCN(c7ccc(N8CCC(=O)NC8=O)cc7)CC6)CC5)cc4)ccc23)ccc1C(C)NC(=O)c1noc(C(C)(C)C)n1. The molecule has 326 valence electrons. The summed E-state index contributed by atoms with van der Waals surface area (Å²) in [6.45, 7) is 17.6. The molecule has 3 aliphatic heterocycles. The zero-order valence-electron chi connectivity index (χ0n) is 36.6. The highest BCUT2D eigenvalue weighted by molar-refractivity contribution is 6.05. The van der Waals surface area contributed by atoms with Crippen LogP contribution in [0.3, 0.4) is 0 Å². The third kappa shape index (κ3) is 9.01. The van der Waals surface area contributed by atoms with Crippen LogP contribution >= 0.6 is 0 Å². The van der Waals surface area contributed by atoms with Crippen LogP contribution in [-0.4, -0.2) is 100 Å². The fraction of sp³-hybridized carbons (Fsp3) is 0.396. The second-order valence-electron chi connectivity index (χ2n) is 18.1. The van der Waals surface area contributed by atoms with E-state index in [1.54, 1.807) is 4.90 Å². The minimum absolute atomic E-state index is 0.0256. The van der Waals surface area contributed by atoms with E-state index in [1.807, 2.05) is 58.9 Å². The first kappa shape index (κ1) is 41.7. The van der Waals surface area contributed by atoms with E-state index in [9.17, 15) is 14.4 Å². The molecule has 0 bridgehead atoms. The number of urea groups is 1. The first-order valence-electron chi connectivity index (χ1n) is 22.0. The minimum atomic E-state index is -0.380. The van der Waals surface area contributed by atoms with Gasteiger partial charge in [-0.3, -0.25) is 29.8 Å². The Balaban J connectivity index is 0.751. The van der Waals surface area contributed by atoms with E-state index in [1.165, 1.54) is 11.4 Å². The van der Waals surface area contributed by atoms with Crippen LogP contribution in [-0.2, 0) is 10.2 Å². The van der Waals surface area contributed by atoms with E-state index in [0.717, 1.165) is 103 Å². The van der Waals surface area contributed by atoms with Crippen molar-refractivity contribution in [3.63, 3.8) is 0 Å². The maximum atomic E-state index is 12.9. The number of aryl methyl sites for hydroxylation is 1. The van der Waals surface area contributed by atoms with Crippen LogP contribution in [0.1, 0.15) is 80.6 Å². The smallest absolute Gasteiger partial charge is 0.328 e. The Morgan fingerprint density at radius 3 is 2.16 bits per heavy atom. The fourth-order valence-electron chi connectivity index (χ4n) is 8.98. The van der Waals surface area contributed by atoms with Crippen molar-refractivity contribution >= 4 is 45.9 Å². The summed E-state index contributed by atoms with van der Waals surface area (Å²) in [4.78, 5) is 55.1. The number of pyridine rings is 1. The van der Waals surface area contributed by atoms with E-state index in [4.69, 9.17) is 9.51 Å². The summed E-state index contributed by atoms with van der Waals surface area (Å²) in [5.74, 6) is 0.533. The number of hydrogen-bond donors (Lipinski definition) is 3. The number of rotatable bonds is 10. The number of hydrogen-bond acceptors (Lipinski definition) is 11. The second-order valence-corrected chi connectivity index (χ2v) is 18.1. The number of nitrogens with zero attached hydrogens (tertiary/aromatic N) is 8. The molecular formula is C48H55N11O4. The molecule has 1 unspecified atom stereocenters. The van der Waals surface area contributed by atoms with Crippen LogP contribution in [0.15, 0.2) is 83.4 Å². The maximum absolute atomic E-state index is 12.9. The summed E-state index contributed by atoms with van der Waals surface area (Å²) in [5.41, 5.74) is 9.36. The quantitative estimate of drug-likeness (QED) is 0.127. The average molecular weight is 850 g/mol. The van der Waals surface area contributed by atoms with Gasteiger partial charge in [-0.25, -0.2) is 9.78 Å². The van der Waals surface area contributed by atoms with Crippen molar-refractivity contribution in [3.8, 4) is 22.5 Å². The molecular weight excluding hydrogens is 795 g/mol. The molecule has 15 heteroatoms. The van der Waals surface area contributed by atoms with Gasteiger partial charge < -0.3 is 19.6 Å². The molecule has 3 aliphatic rings. The van der Waals surface area contributed by atoms with Crippen molar-refractivity contribution in [1.82, 2.24) is 40.9 Å². The van der Waals surface area contributed by atoms with Crippen LogP contribution in [0.4, 0.5) is 21.9 Å². The summed E-state index contributed by atoms with van der Waals surface area (Å²) in [6.07, 6.45) is 2.65. The van der Waals surface area contributed by atoms with Crippen LogP contribution < -0.4 is 25.3 Å². The van der Waals surface area contributed by atoms with Crippen molar-refractivity contribution in [2.45, 2.75) is 65.3 Å². The molecule has 6 heterocycles. The Labute approximate surface area is 367 Å². The molecule has 3 aromatic carbocycles. The Hall–Kier alpha value is -6.61. The van der Waals surface area contributed by atoms with Gasteiger partial charge in [-0.2, -0.15) is 10.1 Å². The first-order chi connectivity index (χ1) is 30.4. The van der Waals surface area contributed by atoms with Gasteiger partial charge in [0.2, 0.25) is 11.8 Å². The highest BCUT2D eigenvalue weighted by atomic mass is 16.5. The number of carbonyl (C=O) groups excluding carboxylic acids is 3. The molecule has 63 heavy (non-hydrogen) atoms. The summed E-state index contributed by atoms with van der Waals surface area (Å²) in [6, 6.07) is 26.5. The van der Waals surface area contributed by atoms with E-state index in [-0.39, 0.29) is 35.1 Å². The number of piperazine rings is 1. The van der Waals surface area contributed by atoms with E-state index in [0.29, 0.717) is 30.4 Å². The predicted molar refractivity (Wildman–Crippen MR) is 244 cm³/mol. The van der Waals surface area contributed by atoms with Gasteiger partial charge in [0.15, 0.2) is 5.65 Å². The average Bonchev–Trinajstić information content (AvgIpc) is 3.96. The number of piperidine rings is 1. The summed E-state index contributed by atoms with van der Waals surface area (Å²) in [7, 11) is 0. The molecule has 0 aliphatic carbocycles. The lowest BCUT2D eigenvalue weighted by molar-refractivity contribution is -0.120. The van der Waals surface area contributed by atoms with Crippen molar-refractivity contribution in [2.24, 2.45) is 5.92 Å². The lowest BCUT2D eigenvalue weighted by Gasteiger charge is -2.40. The Bertz CT molecular complexity index is 2620. The van der Waals surface area contributed by atoms with Crippen LogP contribution in [0.5, 0.6) is 0 Å². The third-order valence-electron chi connectivity index (χ3n) is 12.7. The molecule has 3 fully saturated rings. The summed E-state index contributed by atoms with van der Waals surface area (Å²) < 4.78 is 5.31. The Morgan fingerprint density at radius 2 is 1.49 bits per heavy atom. The molecule has 6 aromatic rings. The van der Waals surface area contributed by atoms with Crippen molar-refractivity contribution < 1.29 is 18.9 Å². The maximum Gasteiger partial charge on any atom is 0.328 e. The zero-order chi connectivity index (χ0) is 43.8. The molecule has 0 radical (unpaired) electrons. The lowest BCUT2D eigenvalue weighted by atomic mass is 9.95. The Morgan fingerprint density at radius 1 is 0.825 bits per heavy atom. The third-order valence-corrected chi connectivity index (χ3v) is 12.7. The van der Waals surface area contributed by atoms with Gasteiger partial charge in [0.1, 0.15) is 0 Å². The van der Waals surface area contributed by atoms with E-state index >= 15 is 0 Å². The highest BCUT2D eigenvalue weighted by Crippen LogP contribution is 2.32. The standard InChI is InChI=1S/C48H55N11O4/c1-30-28-34(8-15-38(30)31(2)49-45(61)44-52-46(63-55-44)48(3,4)5)42-39-16-17-40(50-43(39)54-53-42)33-6-9-35(10-7-33)58-26-24-56(25-27-58)29-32-18-21-57(22-19-32)36-11-13-37(14-12-36)59-23-20-41(60)51-47(59)62/h6-17,28,31-32H,18-27,29H2,1-5H3,(H,49,61)(H,50,53,54)(H,51,60,62). The predicted octanol–water partition coefficient (Wildman–Crippen LogP) is 7.26.